The minimum absolute atomic E-state index is 0.0164. The molecular weight excluding hydrogens is 218 g/mol. The first-order valence-corrected chi connectivity index (χ1v) is 6.19. The molecule has 1 nitrogen and oxygen atoms in total. The van der Waals surface area contributed by atoms with Crippen molar-refractivity contribution < 1.29 is 0 Å². The van der Waals surface area contributed by atoms with E-state index in [2.05, 4.69) is 60.7 Å². The Morgan fingerprint density at radius 2 is 1.61 bits per heavy atom. The number of fused-ring (bicyclic) bond motifs is 7. The van der Waals surface area contributed by atoms with Crippen LogP contribution in [-0.4, -0.2) is 0 Å². The van der Waals surface area contributed by atoms with Crippen LogP contribution in [0, 0.1) is 17.2 Å². The summed E-state index contributed by atoms with van der Waals surface area (Å²) in [5, 5.41) is 9.48. The van der Waals surface area contributed by atoms with Gasteiger partial charge in [0.05, 0.1) is 12.0 Å². The van der Waals surface area contributed by atoms with Crippen molar-refractivity contribution in [3.05, 3.63) is 70.8 Å². The van der Waals surface area contributed by atoms with E-state index in [9.17, 15) is 5.26 Å². The zero-order valence-electron chi connectivity index (χ0n) is 9.80. The largest absolute Gasteiger partial charge is 0.198 e. The topological polar surface area (TPSA) is 23.8 Å². The Bertz CT molecular complexity index is 707. The first-order valence-electron chi connectivity index (χ1n) is 6.19. The predicted octanol–water partition coefficient (Wildman–Crippen LogP) is 3.83. The van der Waals surface area contributed by atoms with Crippen molar-refractivity contribution in [2.75, 3.05) is 0 Å². The van der Waals surface area contributed by atoms with Crippen LogP contribution in [0.5, 0.6) is 0 Å². The summed E-state index contributed by atoms with van der Waals surface area (Å²) in [6, 6.07) is 19.3. The number of nitrogens with zero attached hydrogens (tertiary/aromatic N) is 1. The molecule has 0 saturated carbocycles. The fourth-order valence-corrected chi connectivity index (χ4v) is 3.31. The number of hydrogen-bond acceptors (Lipinski definition) is 1. The normalized spacial score (nSPS) is 22.7. The van der Waals surface area contributed by atoms with E-state index in [0.29, 0.717) is 0 Å². The molecule has 0 saturated heterocycles. The van der Waals surface area contributed by atoms with Crippen molar-refractivity contribution in [3.63, 3.8) is 0 Å². The summed E-state index contributed by atoms with van der Waals surface area (Å²) < 4.78 is 0. The predicted molar refractivity (Wildman–Crippen MR) is 71.7 cm³/mol. The van der Waals surface area contributed by atoms with Gasteiger partial charge < -0.3 is 0 Å². The Morgan fingerprint density at radius 1 is 0.889 bits per heavy atom. The lowest BCUT2D eigenvalue weighted by atomic mass is 9.79. The molecule has 4 rings (SSSR count). The molecule has 2 aromatic carbocycles. The first kappa shape index (κ1) is 9.67. The molecule has 2 aromatic rings. The lowest BCUT2D eigenvalue weighted by Gasteiger charge is -2.22. The first-order chi connectivity index (χ1) is 8.90. The van der Waals surface area contributed by atoms with Crippen LogP contribution < -0.4 is 0 Å². The molecule has 84 valence electrons. The summed E-state index contributed by atoms with van der Waals surface area (Å²) in [7, 11) is 0. The van der Waals surface area contributed by atoms with E-state index in [1.165, 1.54) is 27.8 Å². The molecule has 0 aromatic heterocycles. The van der Waals surface area contributed by atoms with Crippen LogP contribution >= 0.6 is 0 Å². The van der Waals surface area contributed by atoms with Crippen molar-refractivity contribution in [1.29, 1.82) is 5.26 Å². The van der Waals surface area contributed by atoms with Gasteiger partial charge in [-0.25, -0.2) is 0 Å². The van der Waals surface area contributed by atoms with Crippen molar-refractivity contribution >= 4 is 11.6 Å². The van der Waals surface area contributed by atoms with E-state index in [4.69, 9.17) is 0 Å². The lowest BCUT2D eigenvalue weighted by molar-refractivity contribution is 0.741. The van der Waals surface area contributed by atoms with E-state index < -0.39 is 0 Å². The Balaban J connectivity index is 2.09. The second kappa shape index (κ2) is 3.34. The maximum atomic E-state index is 9.48. The maximum absolute atomic E-state index is 9.48. The third-order valence-corrected chi connectivity index (χ3v) is 4.06. The van der Waals surface area contributed by atoms with Crippen LogP contribution in [0.15, 0.2) is 48.5 Å². The third-order valence-electron chi connectivity index (χ3n) is 4.06. The van der Waals surface area contributed by atoms with Crippen LogP contribution in [0.1, 0.15) is 28.2 Å². The van der Waals surface area contributed by atoms with E-state index in [1.54, 1.807) is 0 Å². The van der Waals surface area contributed by atoms with Crippen LogP contribution in [0.2, 0.25) is 0 Å². The summed E-state index contributed by atoms with van der Waals surface area (Å²) in [5.74, 6) is 0.208. The summed E-state index contributed by atoms with van der Waals surface area (Å²) in [6.07, 6.45) is 2.19. The number of benzene rings is 2. The molecule has 0 spiro atoms. The van der Waals surface area contributed by atoms with Gasteiger partial charge in [-0.05, 0) is 33.9 Å². The quantitative estimate of drug-likeness (QED) is 0.673. The fraction of sp³-hybridized carbons (Fsp3) is 0.118. The van der Waals surface area contributed by atoms with Gasteiger partial charge >= 0.3 is 0 Å². The van der Waals surface area contributed by atoms with Gasteiger partial charge in [0.15, 0.2) is 0 Å². The van der Waals surface area contributed by atoms with Gasteiger partial charge in [-0.3, -0.25) is 0 Å². The van der Waals surface area contributed by atoms with Crippen molar-refractivity contribution in [3.8, 4) is 6.07 Å². The molecule has 1 heteroatoms. The molecule has 2 aliphatic carbocycles. The van der Waals surface area contributed by atoms with Crippen LogP contribution in [0.4, 0.5) is 0 Å². The highest BCUT2D eigenvalue weighted by molar-refractivity contribution is 5.93. The second-order valence-electron chi connectivity index (χ2n) is 4.90. The maximum Gasteiger partial charge on any atom is 0.0828 e. The van der Waals surface area contributed by atoms with Crippen LogP contribution in [-0.2, 0) is 0 Å². The minimum Gasteiger partial charge on any atom is -0.198 e. The third kappa shape index (κ3) is 1.05. The zero-order valence-corrected chi connectivity index (χ0v) is 9.80. The highest BCUT2D eigenvalue weighted by atomic mass is 14.4. The molecule has 0 radical (unpaired) electrons. The highest BCUT2D eigenvalue weighted by Crippen LogP contribution is 2.53. The Hall–Kier alpha value is -2.33. The average molecular weight is 229 g/mol. The molecule has 0 N–H and O–H groups in total. The van der Waals surface area contributed by atoms with Crippen LogP contribution in [0.25, 0.3) is 11.6 Å². The van der Waals surface area contributed by atoms with Gasteiger partial charge in [0, 0.05) is 5.92 Å². The van der Waals surface area contributed by atoms with Crippen molar-refractivity contribution in [1.82, 2.24) is 0 Å². The van der Waals surface area contributed by atoms with Crippen LogP contribution in [0.3, 0.4) is 0 Å². The SMILES string of the molecule is N#CC1C2=Cc3ccccc3C1c1ccccc12. The smallest absolute Gasteiger partial charge is 0.0828 e. The molecule has 0 amide bonds. The van der Waals surface area contributed by atoms with E-state index in [1.807, 2.05) is 0 Å². The monoisotopic (exact) mass is 229 g/mol. The van der Waals surface area contributed by atoms with E-state index in [0.717, 1.165) is 0 Å². The number of rotatable bonds is 0. The van der Waals surface area contributed by atoms with Gasteiger partial charge in [0.2, 0.25) is 0 Å². The number of nitriles is 1. The summed E-state index contributed by atoms with van der Waals surface area (Å²) in [6.45, 7) is 0. The average Bonchev–Trinajstić information content (AvgIpc) is 2.67. The zero-order chi connectivity index (χ0) is 12.1. The fourth-order valence-electron chi connectivity index (χ4n) is 3.31. The standard InChI is InChI=1S/C17H11N/c18-10-16-15-9-11-5-1-2-6-12(11)17(16)14-8-4-3-7-13(14)15/h1-9,16-17H. The van der Waals surface area contributed by atoms with Gasteiger partial charge in [-0.15, -0.1) is 0 Å². The Morgan fingerprint density at radius 3 is 2.44 bits per heavy atom. The van der Waals surface area contributed by atoms with Gasteiger partial charge in [-0.1, -0.05) is 48.5 Å². The lowest BCUT2D eigenvalue weighted by Crippen LogP contribution is -2.11. The van der Waals surface area contributed by atoms with E-state index in [-0.39, 0.29) is 11.8 Å². The Labute approximate surface area is 106 Å². The Kier molecular flexibility index (Phi) is 1.79. The number of allylic oxidation sites excluding steroid dienone is 1. The second-order valence-corrected chi connectivity index (χ2v) is 4.90. The van der Waals surface area contributed by atoms with Crippen molar-refractivity contribution in [2.45, 2.75) is 5.92 Å². The molecule has 2 aliphatic rings. The minimum atomic E-state index is -0.0164. The van der Waals surface area contributed by atoms with Gasteiger partial charge in [0.25, 0.3) is 0 Å². The van der Waals surface area contributed by atoms with Crippen molar-refractivity contribution in [2.24, 2.45) is 5.92 Å². The molecule has 18 heavy (non-hydrogen) atoms. The molecule has 0 fully saturated rings. The summed E-state index contributed by atoms with van der Waals surface area (Å²) in [5.41, 5.74) is 6.31. The highest BCUT2D eigenvalue weighted by Gasteiger charge is 2.40. The number of hydrogen-bond donors (Lipinski definition) is 0. The van der Waals surface area contributed by atoms with Gasteiger partial charge in [-0.2, -0.15) is 5.26 Å². The molecular formula is C17H11N. The molecule has 0 heterocycles. The van der Waals surface area contributed by atoms with Gasteiger partial charge in [0.1, 0.15) is 0 Å². The van der Waals surface area contributed by atoms with E-state index >= 15 is 0 Å². The molecule has 0 aliphatic heterocycles. The summed E-state index contributed by atoms with van der Waals surface area (Å²) >= 11 is 0. The molecule has 2 atom stereocenters. The molecule has 2 unspecified atom stereocenters. The molecule has 2 bridgehead atoms. The summed E-state index contributed by atoms with van der Waals surface area (Å²) in [4.78, 5) is 0.